The van der Waals surface area contributed by atoms with Crippen molar-refractivity contribution >= 4 is 22.7 Å². The Morgan fingerprint density at radius 1 is 1.29 bits per heavy atom. The lowest BCUT2D eigenvalue weighted by atomic mass is 9.83. The summed E-state index contributed by atoms with van der Waals surface area (Å²) in [6, 6.07) is 12.7. The fourth-order valence-corrected chi connectivity index (χ4v) is 3.78. The first kappa shape index (κ1) is 22.4. The van der Waals surface area contributed by atoms with Gasteiger partial charge in [-0.25, -0.2) is 0 Å². The Bertz CT molecular complexity index is 1080. The molecule has 5 nitrogen and oxygen atoms in total. The summed E-state index contributed by atoms with van der Waals surface area (Å²) in [6.07, 6.45) is 7.75. The van der Waals surface area contributed by atoms with E-state index in [1.807, 2.05) is 19.9 Å². The average molecular weight is 418 g/mol. The first-order chi connectivity index (χ1) is 14.9. The quantitative estimate of drug-likeness (QED) is 0.178. The van der Waals surface area contributed by atoms with E-state index in [1.54, 1.807) is 24.4 Å². The molecule has 1 aliphatic rings. The molecule has 5 heteroatoms. The second kappa shape index (κ2) is 9.67. The SMILES string of the molecule is C=C/C=C\C(=C(/C)OCC)C(O)N/N=C/C=C1\Nc2c(ccc3ccccc23)C1(C)C. The van der Waals surface area contributed by atoms with E-state index in [4.69, 9.17) is 4.74 Å². The number of hydrazone groups is 1. The van der Waals surface area contributed by atoms with Crippen molar-refractivity contribution in [2.45, 2.75) is 39.3 Å². The minimum Gasteiger partial charge on any atom is -0.498 e. The summed E-state index contributed by atoms with van der Waals surface area (Å²) >= 11 is 0. The van der Waals surface area contributed by atoms with E-state index in [9.17, 15) is 5.11 Å². The molecule has 2 aromatic rings. The second-order valence-electron chi connectivity index (χ2n) is 7.89. The second-order valence-corrected chi connectivity index (χ2v) is 7.89. The molecule has 0 saturated carbocycles. The molecule has 1 heterocycles. The van der Waals surface area contributed by atoms with Crippen LogP contribution < -0.4 is 10.7 Å². The summed E-state index contributed by atoms with van der Waals surface area (Å²) in [5, 5.41) is 20.7. The van der Waals surface area contributed by atoms with E-state index in [0.29, 0.717) is 17.9 Å². The van der Waals surface area contributed by atoms with Crippen LogP contribution in [0.4, 0.5) is 5.69 Å². The third-order valence-corrected chi connectivity index (χ3v) is 5.52. The van der Waals surface area contributed by atoms with Gasteiger partial charge in [-0.3, -0.25) is 5.43 Å². The Kier molecular flexibility index (Phi) is 6.98. The summed E-state index contributed by atoms with van der Waals surface area (Å²) in [4.78, 5) is 0. The molecule has 31 heavy (non-hydrogen) atoms. The molecule has 3 N–H and O–H groups in total. The fraction of sp³-hybridized carbons (Fsp3) is 0.269. The Hall–Kier alpha value is -3.31. The normalized spacial score (nSPS) is 18.2. The number of anilines is 1. The first-order valence-electron chi connectivity index (χ1n) is 10.5. The number of nitrogens with zero attached hydrogens (tertiary/aromatic N) is 1. The van der Waals surface area contributed by atoms with Crippen molar-refractivity contribution in [3.8, 4) is 0 Å². The number of aliphatic hydroxyl groups excluding tert-OH is 1. The summed E-state index contributed by atoms with van der Waals surface area (Å²) in [6.45, 7) is 12.3. The summed E-state index contributed by atoms with van der Waals surface area (Å²) < 4.78 is 5.53. The Morgan fingerprint density at radius 3 is 2.81 bits per heavy atom. The van der Waals surface area contributed by atoms with Crippen molar-refractivity contribution in [3.05, 3.63) is 89.9 Å². The van der Waals surface area contributed by atoms with Crippen molar-refractivity contribution in [2.24, 2.45) is 5.10 Å². The predicted octanol–water partition coefficient (Wildman–Crippen LogP) is 5.37. The van der Waals surface area contributed by atoms with Gasteiger partial charge in [-0.05, 0) is 30.9 Å². The van der Waals surface area contributed by atoms with E-state index < -0.39 is 6.23 Å². The van der Waals surface area contributed by atoms with E-state index in [1.165, 1.54) is 16.3 Å². The standard InChI is InChI=1S/C26H31N3O2/c1-6-8-12-20(18(3)31-7-2)25(30)29-27-17-16-23-26(4,5)22-15-14-19-11-9-10-13-21(19)24(22)28-23/h6,8-17,25,28-30H,1,7H2,2-5H3/b12-8-,20-18-,23-16-,27-17+. The Labute approximate surface area is 184 Å². The minimum absolute atomic E-state index is 0.173. The molecule has 0 fully saturated rings. The third kappa shape index (κ3) is 4.72. The van der Waals surface area contributed by atoms with Crippen LogP contribution in [0.2, 0.25) is 0 Å². The van der Waals surface area contributed by atoms with E-state index in [2.05, 4.69) is 72.7 Å². The zero-order valence-corrected chi connectivity index (χ0v) is 18.6. The van der Waals surface area contributed by atoms with Crippen LogP contribution in [0.5, 0.6) is 0 Å². The summed E-state index contributed by atoms with van der Waals surface area (Å²) in [7, 11) is 0. The molecule has 1 atom stereocenters. The van der Waals surface area contributed by atoms with Crippen LogP contribution in [0.3, 0.4) is 0 Å². The van der Waals surface area contributed by atoms with Crippen LogP contribution in [0.25, 0.3) is 10.8 Å². The molecule has 0 aliphatic carbocycles. The van der Waals surface area contributed by atoms with Crippen LogP contribution in [-0.2, 0) is 10.2 Å². The lowest BCUT2D eigenvalue weighted by Crippen LogP contribution is -2.26. The molecular formula is C26H31N3O2. The molecule has 2 aromatic carbocycles. The smallest absolute Gasteiger partial charge is 0.168 e. The van der Waals surface area contributed by atoms with Crippen LogP contribution in [0.1, 0.15) is 33.3 Å². The number of fused-ring (bicyclic) bond motifs is 3. The van der Waals surface area contributed by atoms with Crippen molar-refractivity contribution < 1.29 is 9.84 Å². The number of hydrogen-bond donors (Lipinski definition) is 3. The molecule has 162 valence electrons. The molecule has 0 saturated heterocycles. The fourth-order valence-electron chi connectivity index (χ4n) is 3.78. The lowest BCUT2D eigenvalue weighted by Gasteiger charge is -2.20. The van der Waals surface area contributed by atoms with Gasteiger partial charge in [0.25, 0.3) is 0 Å². The maximum Gasteiger partial charge on any atom is 0.168 e. The molecular weight excluding hydrogens is 386 g/mol. The molecule has 0 bridgehead atoms. The molecule has 0 aromatic heterocycles. The zero-order chi connectivity index (χ0) is 22.4. The highest BCUT2D eigenvalue weighted by Crippen LogP contribution is 2.46. The number of benzene rings is 2. The minimum atomic E-state index is -0.997. The van der Waals surface area contributed by atoms with Crippen molar-refractivity contribution in [2.75, 3.05) is 11.9 Å². The summed E-state index contributed by atoms with van der Waals surface area (Å²) in [5.74, 6) is 0.634. The molecule has 0 radical (unpaired) electrons. The number of nitrogens with one attached hydrogen (secondary N) is 2. The van der Waals surface area contributed by atoms with E-state index in [-0.39, 0.29) is 5.41 Å². The number of rotatable bonds is 8. The van der Waals surface area contributed by atoms with Gasteiger partial charge in [-0.2, -0.15) is 5.10 Å². The summed E-state index contributed by atoms with van der Waals surface area (Å²) in [5.41, 5.74) is 6.64. The predicted molar refractivity (Wildman–Crippen MR) is 130 cm³/mol. The maximum atomic E-state index is 10.5. The van der Waals surface area contributed by atoms with Crippen molar-refractivity contribution in [1.82, 2.24) is 5.43 Å². The topological polar surface area (TPSA) is 65.9 Å². The van der Waals surface area contributed by atoms with Crippen molar-refractivity contribution in [1.29, 1.82) is 0 Å². The highest BCUT2D eigenvalue weighted by Gasteiger charge is 2.35. The Morgan fingerprint density at radius 2 is 2.06 bits per heavy atom. The van der Waals surface area contributed by atoms with Gasteiger partial charge < -0.3 is 15.2 Å². The van der Waals surface area contributed by atoms with Gasteiger partial charge in [0.1, 0.15) is 5.76 Å². The van der Waals surface area contributed by atoms with Crippen LogP contribution in [-0.4, -0.2) is 24.2 Å². The molecule has 3 rings (SSSR count). The number of hydrogen-bond acceptors (Lipinski definition) is 5. The van der Waals surface area contributed by atoms with Gasteiger partial charge in [0.2, 0.25) is 0 Å². The van der Waals surface area contributed by atoms with Crippen LogP contribution >= 0.6 is 0 Å². The monoisotopic (exact) mass is 417 g/mol. The highest BCUT2D eigenvalue weighted by atomic mass is 16.5. The van der Waals surface area contributed by atoms with Crippen LogP contribution in [0, 0.1) is 0 Å². The van der Waals surface area contributed by atoms with Crippen molar-refractivity contribution in [3.63, 3.8) is 0 Å². The van der Waals surface area contributed by atoms with E-state index >= 15 is 0 Å². The molecule has 0 amide bonds. The van der Waals surface area contributed by atoms with Crippen LogP contribution in [0.15, 0.2) is 89.4 Å². The largest absolute Gasteiger partial charge is 0.498 e. The Balaban J connectivity index is 1.78. The number of ether oxygens (including phenoxy) is 1. The molecule has 0 spiro atoms. The maximum absolute atomic E-state index is 10.5. The lowest BCUT2D eigenvalue weighted by molar-refractivity contribution is 0.161. The zero-order valence-electron chi connectivity index (χ0n) is 18.6. The van der Waals surface area contributed by atoms with Gasteiger partial charge in [-0.1, -0.05) is 75.1 Å². The van der Waals surface area contributed by atoms with Gasteiger partial charge in [0.05, 0.1) is 12.3 Å². The first-order valence-corrected chi connectivity index (χ1v) is 10.5. The average Bonchev–Trinajstić information content (AvgIpc) is 3.02. The third-order valence-electron chi connectivity index (χ3n) is 5.52. The van der Waals surface area contributed by atoms with Gasteiger partial charge in [-0.15, -0.1) is 0 Å². The van der Waals surface area contributed by atoms with Gasteiger partial charge in [0, 0.05) is 28.3 Å². The van der Waals surface area contributed by atoms with Gasteiger partial charge in [0.15, 0.2) is 6.23 Å². The number of aliphatic hydroxyl groups is 1. The molecule has 1 aliphatic heterocycles. The van der Waals surface area contributed by atoms with E-state index in [0.717, 1.165) is 11.4 Å². The van der Waals surface area contributed by atoms with Gasteiger partial charge >= 0.3 is 0 Å². The number of allylic oxidation sites excluding steroid dienone is 5. The highest BCUT2D eigenvalue weighted by molar-refractivity contribution is 5.99. The molecule has 1 unspecified atom stereocenters.